The quantitative estimate of drug-likeness (QED) is 0.895. The maximum atomic E-state index is 12.4. The van der Waals surface area contributed by atoms with E-state index in [0.717, 1.165) is 36.6 Å². The summed E-state index contributed by atoms with van der Waals surface area (Å²) in [7, 11) is 0. The average Bonchev–Trinajstić information content (AvgIpc) is 2.68. The molecule has 19 heavy (non-hydrogen) atoms. The molecule has 5 heteroatoms. The van der Waals surface area contributed by atoms with Gasteiger partial charge in [-0.25, -0.2) is 4.98 Å². The lowest BCUT2D eigenvalue weighted by molar-refractivity contribution is -0.121. The van der Waals surface area contributed by atoms with Crippen molar-refractivity contribution in [1.82, 2.24) is 10.3 Å². The van der Waals surface area contributed by atoms with Gasteiger partial charge in [-0.3, -0.25) is 4.79 Å². The number of carbonyl (C=O) groups excluding carboxylic acids is 1. The van der Waals surface area contributed by atoms with Crippen LogP contribution in [0.5, 0.6) is 0 Å². The zero-order valence-electron chi connectivity index (χ0n) is 12.2. The fraction of sp³-hybridized carbons (Fsp3) is 0.714. The summed E-state index contributed by atoms with van der Waals surface area (Å²) in [5.41, 5.74) is 1.08. The van der Waals surface area contributed by atoms with E-state index in [-0.39, 0.29) is 17.4 Å². The smallest absolute Gasteiger partial charge is 0.243 e. The summed E-state index contributed by atoms with van der Waals surface area (Å²) in [4.78, 5) is 18.0. The Kier molecular flexibility index (Phi) is 4.26. The summed E-state index contributed by atoms with van der Waals surface area (Å²) in [6, 6.07) is -0.129. The van der Waals surface area contributed by atoms with Gasteiger partial charge in [0, 0.05) is 4.88 Å². The first-order chi connectivity index (χ1) is 8.94. The monoisotopic (exact) mass is 281 g/mol. The van der Waals surface area contributed by atoms with E-state index in [4.69, 9.17) is 0 Å². The molecule has 0 spiro atoms. The summed E-state index contributed by atoms with van der Waals surface area (Å²) in [6.07, 6.45) is 3.12. The lowest BCUT2D eigenvalue weighted by Gasteiger charge is -2.38. The van der Waals surface area contributed by atoms with Gasteiger partial charge in [0.25, 0.3) is 0 Å². The summed E-state index contributed by atoms with van der Waals surface area (Å²) in [6.45, 7) is 9.34. The highest BCUT2D eigenvalue weighted by molar-refractivity contribution is 7.15. The van der Waals surface area contributed by atoms with Crippen molar-refractivity contribution in [3.63, 3.8) is 0 Å². The van der Waals surface area contributed by atoms with Crippen molar-refractivity contribution in [2.75, 3.05) is 11.9 Å². The van der Waals surface area contributed by atoms with Crippen LogP contribution in [0, 0.1) is 12.3 Å². The van der Waals surface area contributed by atoms with Gasteiger partial charge in [0.1, 0.15) is 0 Å². The van der Waals surface area contributed by atoms with E-state index < -0.39 is 0 Å². The van der Waals surface area contributed by atoms with Crippen LogP contribution in [0.1, 0.15) is 44.2 Å². The minimum Gasteiger partial charge on any atom is -0.305 e. The number of nitrogens with one attached hydrogen (secondary N) is 2. The van der Waals surface area contributed by atoms with Crippen LogP contribution >= 0.6 is 11.3 Å². The van der Waals surface area contributed by atoms with E-state index in [9.17, 15) is 4.79 Å². The zero-order chi connectivity index (χ0) is 14.0. The first-order valence-corrected chi connectivity index (χ1v) is 7.76. The lowest BCUT2D eigenvalue weighted by atomic mass is 9.77. The van der Waals surface area contributed by atoms with Gasteiger partial charge in [-0.2, -0.15) is 0 Å². The number of hydrogen-bond donors (Lipinski definition) is 2. The van der Waals surface area contributed by atoms with E-state index in [1.807, 2.05) is 0 Å². The van der Waals surface area contributed by atoms with E-state index in [0.29, 0.717) is 0 Å². The van der Waals surface area contributed by atoms with Crippen LogP contribution < -0.4 is 10.6 Å². The molecular formula is C14H23N3OS. The Hall–Kier alpha value is -0.940. The maximum Gasteiger partial charge on any atom is 0.243 e. The number of piperidine rings is 1. The minimum atomic E-state index is -0.129. The number of amides is 1. The van der Waals surface area contributed by atoms with Gasteiger partial charge in [0.15, 0.2) is 5.13 Å². The number of thiazole rings is 1. The van der Waals surface area contributed by atoms with Crippen molar-refractivity contribution in [2.45, 2.75) is 53.0 Å². The summed E-state index contributed by atoms with van der Waals surface area (Å²) < 4.78 is 0. The Balaban J connectivity index is 2.07. The topological polar surface area (TPSA) is 54.0 Å². The Bertz CT molecular complexity index is 467. The molecule has 1 aromatic rings. The standard InChI is InChI=1S/C14H23N3OS/c1-5-10-9(2)19-13(16-10)17-12(18)11-14(3,4)7-6-8-15-11/h11,15H,5-8H2,1-4H3,(H,16,17,18). The molecule has 0 aromatic carbocycles. The Labute approximate surface area is 119 Å². The van der Waals surface area contributed by atoms with Crippen LogP contribution in [0.15, 0.2) is 0 Å². The van der Waals surface area contributed by atoms with Crippen LogP contribution in [0.2, 0.25) is 0 Å². The molecular weight excluding hydrogens is 258 g/mol. The predicted molar refractivity (Wildman–Crippen MR) is 79.7 cm³/mol. The van der Waals surface area contributed by atoms with E-state index in [1.54, 1.807) is 11.3 Å². The molecule has 0 bridgehead atoms. The van der Waals surface area contributed by atoms with Gasteiger partial charge < -0.3 is 10.6 Å². The van der Waals surface area contributed by atoms with Crippen molar-refractivity contribution in [3.8, 4) is 0 Å². The first kappa shape index (κ1) is 14.5. The van der Waals surface area contributed by atoms with Crippen LogP contribution in [-0.4, -0.2) is 23.5 Å². The van der Waals surface area contributed by atoms with Gasteiger partial charge in [0.05, 0.1) is 11.7 Å². The molecule has 106 valence electrons. The fourth-order valence-corrected chi connectivity index (χ4v) is 3.55. The lowest BCUT2D eigenvalue weighted by Crippen LogP contribution is -2.53. The van der Waals surface area contributed by atoms with Crippen LogP contribution in [-0.2, 0) is 11.2 Å². The summed E-state index contributed by atoms with van der Waals surface area (Å²) >= 11 is 1.56. The van der Waals surface area contributed by atoms with Gasteiger partial charge in [-0.05, 0) is 38.1 Å². The van der Waals surface area contributed by atoms with Gasteiger partial charge >= 0.3 is 0 Å². The maximum absolute atomic E-state index is 12.4. The molecule has 0 radical (unpaired) electrons. The van der Waals surface area contributed by atoms with Crippen LogP contribution in [0.3, 0.4) is 0 Å². The Morgan fingerprint density at radius 2 is 2.32 bits per heavy atom. The average molecular weight is 281 g/mol. The number of aryl methyl sites for hydroxylation is 2. The number of anilines is 1. The Morgan fingerprint density at radius 3 is 2.89 bits per heavy atom. The SMILES string of the molecule is CCc1nc(NC(=O)C2NCCCC2(C)C)sc1C. The number of carbonyl (C=O) groups is 1. The summed E-state index contributed by atoms with van der Waals surface area (Å²) in [5.74, 6) is 0.0427. The second-order valence-electron chi connectivity index (χ2n) is 5.84. The molecule has 1 amide bonds. The molecule has 0 saturated carbocycles. The largest absolute Gasteiger partial charge is 0.305 e. The zero-order valence-corrected chi connectivity index (χ0v) is 13.0. The highest BCUT2D eigenvalue weighted by Crippen LogP contribution is 2.31. The molecule has 1 fully saturated rings. The molecule has 1 saturated heterocycles. The predicted octanol–water partition coefficient (Wildman–Crippen LogP) is 2.73. The van der Waals surface area contributed by atoms with Gasteiger partial charge in [-0.1, -0.05) is 20.8 Å². The van der Waals surface area contributed by atoms with Crippen molar-refractivity contribution in [1.29, 1.82) is 0 Å². The first-order valence-electron chi connectivity index (χ1n) is 6.94. The molecule has 1 aliphatic heterocycles. The van der Waals surface area contributed by atoms with Crippen molar-refractivity contribution >= 4 is 22.4 Å². The molecule has 2 rings (SSSR count). The molecule has 1 atom stereocenters. The van der Waals surface area contributed by atoms with Crippen LogP contribution in [0.25, 0.3) is 0 Å². The fourth-order valence-electron chi connectivity index (χ4n) is 2.65. The van der Waals surface area contributed by atoms with Crippen molar-refractivity contribution in [2.24, 2.45) is 5.41 Å². The minimum absolute atomic E-state index is 0.00221. The number of nitrogens with zero attached hydrogens (tertiary/aromatic N) is 1. The summed E-state index contributed by atoms with van der Waals surface area (Å²) in [5, 5.41) is 7.02. The molecule has 2 heterocycles. The van der Waals surface area contributed by atoms with Gasteiger partial charge in [0.2, 0.25) is 5.91 Å². The third-order valence-corrected chi connectivity index (χ3v) is 4.78. The number of rotatable bonds is 3. The van der Waals surface area contributed by atoms with Gasteiger partial charge in [-0.15, -0.1) is 11.3 Å². The molecule has 0 aliphatic carbocycles. The van der Waals surface area contributed by atoms with E-state index >= 15 is 0 Å². The molecule has 4 nitrogen and oxygen atoms in total. The second kappa shape index (κ2) is 5.59. The molecule has 1 unspecified atom stereocenters. The normalized spacial score (nSPS) is 22.2. The van der Waals surface area contributed by atoms with Crippen LogP contribution in [0.4, 0.5) is 5.13 Å². The third-order valence-electron chi connectivity index (χ3n) is 3.85. The van der Waals surface area contributed by atoms with Crippen molar-refractivity contribution < 1.29 is 4.79 Å². The molecule has 2 N–H and O–H groups in total. The molecule has 1 aromatic heterocycles. The third kappa shape index (κ3) is 3.15. The van der Waals surface area contributed by atoms with E-state index in [2.05, 4.69) is 43.3 Å². The number of hydrogen-bond acceptors (Lipinski definition) is 4. The highest BCUT2D eigenvalue weighted by atomic mass is 32.1. The second-order valence-corrected chi connectivity index (χ2v) is 7.05. The number of aromatic nitrogens is 1. The van der Waals surface area contributed by atoms with E-state index in [1.165, 1.54) is 4.88 Å². The van der Waals surface area contributed by atoms with Crippen molar-refractivity contribution in [3.05, 3.63) is 10.6 Å². The molecule has 1 aliphatic rings. The Morgan fingerprint density at radius 1 is 1.58 bits per heavy atom. The highest BCUT2D eigenvalue weighted by Gasteiger charge is 2.37.